The van der Waals surface area contributed by atoms with Crippen LogP contribution in [0, 0.1) is 16.0 Å². The topological polar surface area (TPSA) is 81.3 Å². The van der Waals surface area contributed by atoms with Crippen LogP contribution in [0.1, 0.15) is 31.2 Å². The number of nitrogens with zero attached hydrogens (tertiary/aromatic N) is 4. The molecule has 0 atom stereocenters. The Morgan fingerprint density at radius 3 is 2.39 bits per heavy atom. The molecule has 0 aliphatic heterocycles. The molecule has 2 aliphatic rings. The van der Waals surface area contributed by atoms with E-state index in [1.807, 2.05) is 36.5 Å². The first-order valence-electron chi connectivity index (χ1n) is 10.8. The van der Waals surface area contributed by atoms with E-state index in [4.69, 9.17) is 5.10 Å². The second-order valence-electron chi connectivity index (χ2n) is 8.48. The number of para-hydroxylation sites is 1. The molecule has 0 unspecified atom stereocenters. The molecular formula is C24H24N4O3. The van der Waals surface area contributed by atoms with Gasteiger partial charge in [0.25, 0.3) is 5.69 Å². The summed E-state index contributed by atoms with van der Waals surface area (Å²) in [5, 5.41) is 15.8. The van der Waals surface area contributed by atoms with E-state index in [0.717, 1.165) is 36.2 Å². The number of benzene rings is 2. The number of carbonyl (C=O) groups is 1. The highest BCUT2D eigenvalue weighted by Crippen LogP contribution is 2.35. The predicted molar refractivity (Wildman–Crippen MR) is 117 cm³/mol. The third kappa shape index (κ3) is 4.35. The van der Waals surface area contributed by atoms with Crippen LogP contribution in [-0.2, 0) is 11.2 Å². The van der Waals surface area contributed by atoms with Crippen molar-refractivity contribution in [2.24, 2.45) is 5.92 Å². The van der Waals surface area contributed by atoms with Crippen molar-refractivity contribution in [3.8, 4) is 16.9 Å². The van der Waals surface area contributed by atoms with Crippen molar-refractivity contribution in [3.63, 3.8) is 0 Å². The standard InChI is InChI=1S/C24H24N4O3/c29-23(26(20-12-13-20)15-17-6-7-17)14-19-16-27(21-4-2-1-3-5-21)25-24(19)18-8-10-22(11-9-18)28(30)31/h1-5,8-11,16-17,20H,6-7,12-15H2. The molecule has 0 saturated heterocycles. The zero-order chi connectivity index (χ0) is 21.4. The first-order valence-corrected chi connectivity index (χ1v) is 10.8. The van der Waals surface area contributed by atoms with Gasteiger partial charge in [-0.15, -0.1) is 0 Å². The van der Waals surface area contributed by atoms with E-state index in [1.165, 1.54) is 25.0 Å². The van der Waals surface area contributed by atoms with Gasteiger partial charge in [0, 0.05) is 42.0 Å². The zero-order valence-electron chi connectivity index (χ0n) is 17.2. The van der Waals surface area contributed by atoms with E-state index < -0.39 is 4.92 Å². The van der Waals surface area contributed by atoms with E-state index >= 15 is 0 Å². The van der Waals surface area contributed by atoms with Crippen LogP contribution in [0.2, 0.25) is 0 Å². The number of aromatic nitrogens is 2. The first kappa shape index (κ1) is 19.5. The first-order chi connectivity index (χ1) is 15.1. The summed E-state index contributed by atoms with van der Waals surface area (Å²) in [6.45, 7) is 0.864. The van der Waals surface area contributed by atoms with Gasteiger partial charge in [-0.1, -0.05) is 18.2 Å². The summed E-state index contributed by atoms with van der Waals surface area (Å²) in [7, 11) is 0. The van der Waals surface area contributed by atoms with Gasteiger partial charge in [-0.05, 0) is 55.9 Å². The van der Waals surface area contributed by atoms with Crippen LogP contribution in [0.15, 0.2) is 60.8 Å². The normalized spacial score (nSPS) is 15.6. The fraction of sp³-hybridized carbons (Fsp3) is 0.333. The van der Waals surface area contributed by atoms with Crippen molar-refractivity contribution in [2.45, 2.75) is 38.1 Å². The van der Waals surface area contributed by atoms with Crippen LogP contribution in [0.3, 0.4) is 0 Å². The maximum atomic E-state index is 13.2. The van der Waals surface area contributed by atoms with Gasteiger partial charge >= 0.3 is 0 Å². The number of nitro groups is 1. The summed E-state index contributed by atoms with van der Waals surface area (Å²) in [6, 6.07) is 16.5. The maximum Gasteiger partial charge on any atom is 0.269 e. The van der Waals surface area contributed by atoms with Gasteiger partial charge in [0.2, 0.25) is 5.91 Å². The van der Waals surface area contributed by atoms with E-state index in [0.29, 0.717) is 17.7 Å². The molecule has 0 radical (unpaired) electrons. The van der Waals surface area contributed by atoms with Gasteiger partial charge in [0.15, 0.2) is 0 Å². The lowest BCUT2D eigenvalue weighted by atomic mass is 10.0. The van der Waals surface area contributed by atoms with E-state index in [9.17, 15) is 14.9 Å². The minimum atomic E-state index is -0.415. The lowest BCUT2D eigenvalue weighted by molar-refractivity contribution is -0.384. The summed E-state index contributed by atoms with van der Waals surface area (Å²) >= 11 is 0. The Morgan fingerprint density at radius 2 is 1.77 bits per heavy atom. The Labute approximate surface area is 180 Å². The molecule has 0 bridgehead atoms. The van der Waals surface area contributed by atoms with Crippen molar-refractivity contribution >= 4 is 11.6 Å². The molecule has 7 heteroatoms. The summed E-state index contributed by atoms with van der Waals surface area (Å²) in [4.78, 5) is 25.9. The second-order valence-corrected chi connectivity index (χ2v) is 8.48. The number of amides is 1. The lowest BCUT2D eigenvalue weighted by Gasteiger charge is -2.22. The Morgan fingerprint density at radius 1 is 1.06 bits per heavy atom. The molecule has 1 amide bonds. The third-order valence-corrected chi connectivity index (χ3v) is 5.96. The van der Waals surface area contributed by atoms with Gasteiger partial charge in [-0.25, -0.2) is 4.68 Å². The molecule has 2 aromatic carbocycles. The van der Waals surface area contributed by atoms with Crippen molar-refractivity contribution < 1.29 is 9.72 Å². The van der Waals surface area contributed by atoms with E-state index in [2.05, 4.69) is 4.90 Å². The van der Waals surface area contributed by atoms with E-state index in [1.54, 1.807) is 16.8 Å². The third-order valence-electron chi connectivity index (χ3n) is 5.96. The molecule has 158 valence electrons. The number of rotatable bonds is 8. The number of hydrogen-bond acceptors (Lipinski definition) is 4. The van der Waals surface area contributed by atoms with Crippen LogP contribution in [-0.4, -0.2) is 38.1 Å². The number of non-ortho nitro benzene ring substituents is 1. The minimum absolute atomic E-state index is 0.0354. The molecule has 1 aromatic heterocycles. The largest absolute Gasteiger partial charge is 0.339 e. The Kier molecular flexibility index (Phi) is 5.02. The molecule has 5 rings (SSSR count). The van der Waals surface area contributed by atoms with Crippen molar-refractivity contribution in [1.29, 1.82) is 0 Å². The van der Waals surface area contributed by atoms with Crippen LogP contribution >= 0.6 is 0 Å². The Balaban J connectivity index is 1.47. The van der Waals surface area contributed by atoms with Gasteiger partial charge in [0.1, 0.15) is 0 Å². The zero-order valence-corrected chi connectivity index (χ0v) is 17.2. The van der Waals surface area contributed by atoms with Crippen LogP contribution in [0.25, 0.3) is 16.9 Å². The number of carbonyl (C=O) groups excluding carboxylic acids is 1. The molecule has 31 heavy (non-hydrogen) atoms. The Hall–Kier alpha value is -3.48. The van der Waals surface area contributed by atoms with Gasteiger partial charge in [-0.3, -0.25) is 14.9 Å². The smallest absolute Gasteiger partial charge is 0.269 e. The van der Waals surface area contributed by atoms with Gasteiger partial charge in [0.05, 0.1) is 22.7 Å². The highest BCUT2D eigenvalue weighted by molar-refractivity contribution is 5.82. The fourth-order valence-electron chi connectivity index (χ4n) is 3.92. The fourth-order valence-corrected chi connectivity index (χ4v) is 3.92. The SMILES string of the molecule is O=C(Cc1cn(-c2ccccc2)nc1-c1ccc([N+](=O)[O-])cc1)N(CC1CC1)C1CC1. The molecule has 2 aliphatic carbocycles. The molecule has 0 spiro atoms. The van der Waals surface area contributed by atoms with Crippen molar-refractivity contribution in [1.82, 2.24) is 14.7 Å². The van der Waals surface area contributed by atoms with Crippen molar-refractivity contribution in [2.75, 3.05) is 6.54 Å². The highest BCUT2D eigenvalue weighted by Gasteiger charge is 2.36. The molecule has 7 nitrogen and oxygen atoms in total. The predicted octanol–water partition coefficient (Wildman–Crippen LogP) is 4.39. The monoisotopic (exact) mass is 416 g/mol. The van der Waals surface area contributed by atoms with Crippen molar-refractivity contribution in [3.05, 3.63) is 76.5 Å². The number of hydrogen-bond donors (Lipinski definition) is 0. The lowest BCUT2D eigenvalue weighted by Crippen LogP contribution is -2.36. The highest BCUT2D eigenvalue weighted by atomic mass is 16.6. The summed E-state index contributed by atoms with van der Waals surface area (Å²) in [5.41, 5.74) is 3.23. The summed E-state index contributed by atoms with van der Waals surface area (Å²) in [6.07, 6.45) is 6.81. The summed E-state index contributed by atoms with van der Waals surface area (Å²) in [5.74, 6) is 0.802. The molecule has 2 fully saturated rings. The maximum absolute atomic E-state index is 13.2. The summed E-state index contributed by atoms with van der Waals surface area (Å²) < 4.78 is 1.78. The molecule has 2 saturated carbocycles. The van der Waals surface area contributed by atoms with Crippen LogP contribution < -0.4 is 0 Å². The molecule has 1 heterocycles. The average molecular weight is 416 g/mol. The Bertz CT molecular complexity index is 1100. The molecule has 3 aromatic rings. The van der Waals surface area contributed by atoms with E-state index in [-0.39, 0.29) is 18.0 Å². The number of nitro benzene ring substituents is 1. The van der Waals surface area contributed by atoms with Crippen LogP contribution in [0.4, 0.5) is 5.69 Å². The molecular weight excluding hydrogens is 392 g/mol. The van der Waals surface area contributed by atoms with Gasteiger partial charge < -0.3 is 4.90 Å². The van der Waals surface area contributed by atoms with Gasteiger partial charge in [-0.2, -0.15) is 5.10 Å². The minimum Gasteiger partial charge on any atom is -0.339 e. The molecule has 0 N–H and O–H groups in total. The van der Waals surface area contributed by atoms with Crippen LogP contribution in [0.5, 0.6) is 0 Å². The quantitative estimate of drug-likeness (QED) is 0.403. The average Bonchev–Trinajstić information content (AvgIpc) is 3.71. The second kappa shape index (κ2) is 7.98.